The average Bonchev–Trinajstić information content (AvgIpc) is 2.21. The summed E-state index contributed by atoms with van der Waals surface area (Å²) >= 11 is 0. The molecule has 96 valence electrons. The Bertz CT molecular complexity index is 204. The molecule has 0 aromatic carbocycles. The van der Waals surface area contributed by atoms with Gasteiger partial charge in [0.2, 0.25) is 0 Å². The van der Waals surface area contributed by atoms with Crippen molar-refractivity contribution in [2.75, 3.05) is 13.2 Å². The summed E-state index contributed by atoms with van der Waals surface area (Å²) in [6, 6.07) is 0. The largest absolute Gasteiger partial charge is 0.465 e. The molecule has 0 rings (SSSR count). The molecule has 0 aliphatic rings. The molecule has 0 bridgehead atoms. The minimum absolute atomic E-state index is 0. The Hall–Kier alpha value is -0.330. The first kappa shape index (κ1) is 18.0. The minimum Gasteiger partial charge on any atom is -0.465 e. The van der Waals surface area contributed by atoms with Crippen molar-refractivity contribution in [3.8, 4) is 0 Å². The van der Waals surface area contributed by atoms with Gasteiger partial charge in [0, 0.05) is 0 Å². The highest BCUT2D eigenvalue weighted by atomic mass is 127. The van der Waals surface area contributed by atoms with Gasteiger partial charge in [-0.25, -0.2) is 0 Å². The SMILES string of the molecule is CCOC(=O)C(CC)(CC)C(=O)OCC.I. The van der Waals surface area contributed by atoms with Gasteiger partial charge < -0.3 is 9.47 Å². The van der Waals surface area contributed by atoms with E-state index in [2.05, 4.69) is 0 Å². The molecule has 4 nitrogen and oxygen atoms in total. The van der Waals surface area contributed by atoms with E-state index in [1.807, 2.05) is 0 Å². The summed E-state index contributed by atoms with van der Waals surface area (Å²) in [6.45, 7) is 7.58. The van der Waals surface area contributed by atoms with Crippen LogP contribution in [0.25, 0.3) is 0 Å². The number of esters is 2. The number of halogens is 1. The van der Waals surface area contributed by atoms with E-state index in [-0.39, 0.29) is 37.2 Å². The molecule has 0 aliphatic heterocycles. The van der Waals surface area contributed by atoms with Crippen LogP contribution in [0.2, 0.25) is 0 Å². The lowest BCUT2D eigenvalue weighted by Gasteiger charge is -2.26. The van der Waals surface area contributed by atoms with Crippen molar-refractivity contribution in [2.45, 2.75) is 40.5 Å². The third-order valence-corrected chi connectivity index (χ3v) is 2.54. The van der Waals surface area contributed by atoms with Crippen LogP contribution in [0.4, 0.5) is 0 Å². The van der Waals surface area contributed by atoms with Crippen LogP contribution in [0.5, 0.6) is 0 Å². The molecule has 0 aliphatic carbocycles. The van der Waals surface area contributed by atoms with E-state index in [0.717, 1.165) is 0 Å². The predicted octanol–water partition coefficient (Wildman–Crippen LogP) is 2.54. The van der Waals surface area contributed by atoms with Gasteiger partial charge in [0.25, 0.3) is 0 Å². The number of carbonyl (C=O) groups excluding carboxylic acids is 2. The standard InChI is InChI=1S/C11H20O4.HI/c1-5-11(6-2,9(12)14-7-3)10(13)15-8-4;/h5-8H2,1-4H3;1H. The zero-order valence-electron chi connectivity index (χ0n) is 10.4. The van der Waals surface area contributed by atoms with Gasteiger partial charge in [0.05, 0.1) is 13.2 Å². The molecule has 0 atom stereocenters. The van der Waals surface area contributed by atoms with Gasteiger partial charge in [-0.15, -0.1) is 24.0 Å². The normalized spacial score (nSPS) is 10.2. The van der Waals surface area contributed by atoms with Crippen molar-refractivity contribution in [3.05, 3.63) is 0 Å². The molecule has 0 saturated carbocycles. The van der Waals surface area contributed by atoms with E-state index in [1.54, 1.807) is 27.7 Å². The molecule has 0 saturated heterocycles. The number of carbonyl (C=O) groups is 2. The summed E-state index contributed by atoms with van der Waals surface area (Å²) in [4.78, 5) is 23.4. The molecular formula is C11H21IO4. The molecule has 0 spiro atoms. The molecule has 0 aromatic heterocycles. The van der Waals surface area contributed by atoms with Gasteiger partial charge in [-0.3, -0.25) is 9.59 Å². The fraction of sp³-hybridized carbons (Fsp3) is 0.818. The molecule has 0 amide bonds. The molecule has 0 radical (unpaired) electrons. The van der Waals surface area contributed by atoms with Crippen LogP contribution in [-0.4, -0.2) is 25.2 Å². The molecule has 0 aromatic rings. The molecule has 0 unspecified atom stereocenters. The second-order valence-corrected chi connectivity index (χ2v) is 3.23. The molecule has 16 heavy (non-hydrogen) atoms. The van der Waals surface area contributed by atoms with Crippen LogP contribution in [-0.2, 0) is 19.1 Å². The van der Waals surface area contributed by atoms with E-state index in [1.165, 1.54) is 0 Å². The summed E-state index contributed by atoms with van der Waals surface area (Å²) in [5.74, 6) is -0.957. The number of rotatable bonds is 6. The molecule has 0 N–H and O–H groups in total. The topological polar surface area (TPSA) is 52.6 Å². The first-order valence-corrected chi connectivity index (χ1v) is 5.43. The third kappa shape index (κ3) is 3.92. The Labute approximate surface area is 114 Å². The van der Waals surface area contributed by atoms with E-state index in [9.17, 15) is 9.59 Å². The summed E-state index contributed by atoms with van der Waals surface area (Å²) < 4.78 is 9.83. The molecule has 0 fully saturated rings. The first-order chi connectivity index (χ1) is 7.08. The van der Waals surface area contributed by atoms with E-state index in [4.69, 9.17) is 9.47 Å². The Morgan fingerprint density at radius 3 is 1.38 bits per heavy atom. The van der Waals surface area contributed by atoms with E-state index >= 15 is 0 Å². The fourth-order valence-corrected chi connectivity index (χ4v) is 1.45. The number of ether oxygens (including phenoxy) is 2. The van der Waals surface area contributed by atoms with Crippen LogP contribution >= 0.6 is 24.0 Å². The zero-order valence-corrected chi connectivity index (χ0v) is 12.7. The van der Waals surface area contributed by atoms with Crippen LogP contribution in [0.15, 0.2) is 0 Å². The van der Waals surface area contributed by atoms with Crippen molar-refractivity contribution in [2.24, 2.45) is 5.41 Å². The summed E-state index contributed by atoms with van der Waals surface area (Å²) in [5, 5.41) is 0. The van der Waals surface area contributed by atoms with E-state index in [0.29, 0.717) is 12.8 Å². The van der Waals surface area contributed by atoms with Gasteiger partial charge in [-0.05, 0) is 26.7 Å². The number of hydrogen-bond acceptors (Lipinski definition) is 4. The van der Waals surface area contributed by atoms with Crippen molar-refractivity contribution >= 4 is 35.9 Å². The molecular weight excluding hydrogens is 323 g/mol. The van der Waals surface area contributed by atoms with Crippen LogP contribution in [0.3, 0.4) is 0 Å². The Morgan fingerprint density at radius 1 is 0.875 bits per heavy atom. The second-order valence-electron chi connectivity index (χ2n) is 3.23. The molecule has 0 heterocycles. The van der Waals surface area contributed by atoms with Gasteiger partial charge in [0.15, 0.2) is 5.41 Å². The lowest BCUT2D eigenvalue weighted by molar-refractivity contribution is -0.172. The fourth-order valence-electron chi connectivity index (χ4n) is 1.45. The van der Waals surface area contributed by atoms with Crippen LogP contribution < -0.4 is 0 Å². The van der Waals surface area contributed by atoms with Crippen LogP contribution in [0, 0.1) is 5.41 Å². The maximum Gasteiger partial charge on any atom is 0.323 e. The zero-order chi connectivity index (χ0) is 11.9. The van der Waals surface area contributed by atoms with Gasteiger partial charge in [-0.1, -0.05) is 13.8 Å². The van der Waals surface area contributed by atoms with E-state index < -0.39 is 17.4 Å². The monoisotopic (exact) mass is 344 g/mol. The van der Waals surface area contributed by atoms with Gasteiger partial charge in [-0.2, -0.15) is 0 Å². The van der Waals surface area contributed by atoms with Gasteiger partial charge in [0.1, 0.15) is 0 Å². The highest BCUT2D eigenvalue weighted by Gasteiger charge is 2.45. The van der Waals surface area contributed by atoms with Crippen molar-refractivity contribution < 1.29 is 19.1 Å². The van der Waals surface area contributed by atoms with Crippen molar-refractivity contribution in [1.29, 1.82) is 0 Å². The Balaban J connectivity index is 0. The minimum atomic E-state index is -1.12. The maximum atomic E-state index is 11.7. The quantitative estimate of drug-likeness (QED) is 0.422. The lowest BCUT2D eigenvalue weighted by atomic mass is 9.82. The lowest BCUT2D eigenvalue weighted by Crippen LogP contribution is -2.41. The van der Waals surface area contributed by atoms with Crippen LogP contribution in [0.1, 0.15) is 40.5 Å². The predicted molar refractivity (Wildman–Crippen MR) is 71.7 cm³/mol. The summed E-state index contributed by atoms with van der Waals surface area (Å²) in [5.41, 5.74) is -1.12. The maximum absolute atomic E-state index is 11.7. The summed E-state index contributed by atoms with van der Waals surface area (Å²) in [7, 11) is 0. The highest BCUT2D eigenvalue weighted by Crippen LogP contribution is 2.29. The van der Waals surface area contributed by atoms with Gasteiger partial charge >= 0.3 is 11.9 Å². The second kappa shape index (κ2) is 8.78. The first-order valence-electron chi connectivity index (χ1n) is 5.43. The summed E-state index contributed by atoms with van der Waals surface area (Å²) in [6.07, 6.45) is 0.808. The smallest absolute Gasteiger partial charge is 0.323 e. The Kier molecular flexibility index (Phi) is 9.90. The average molecular weight is 344 g/mol. The third-order valence-electron chi connectivity index (χ3n) is 2.54. The molecule has 5 heteroatoms. The highest BCUT2D eigenvalue weighted by molar-refractivity contribution is 14.0. The van der Waals surface area contributed by atoms with Crippen molar-refractivity contribution in [1.82, 2.24) is 0 Å². The number of hydrogen-bond donors (Lipinski definition) is 0. The Morgan fingerprint density at radius 2 is 1.19 bits per heavy atom. The van der Waals surface area contributed by atoms with Crippen molar-refractivity contribution in [3.63, 3.8) is 0 Å².